The maximum Gasteiger partial charge on any atom is 0.241 e. The number of nitrogens with two attached hydrogens (primary N) is 1. The fraction of sp³-hybridized carbons (Fsp3) is 0.417. The molecule has 1 rings (SSSR count). The van der Waals surface area contributed by atoms with E-state index in [4.69, 9.17) is 10.5 Å². The number of halogens is 1. The van der Waals surface area contributed by atoms with Crippen molar-refractivity contribution >= 4 is 24.0 Å². The lowest BCUT2D eigenvalue weighted by Gasteiger charge is -2.13. The molecule has 0 heterocycles. The average molecular weight is 259 g/mol. The Balaban J connectivity index is 0.00000256. The number of ether oxygens (including phenoxy) is 1. The van der Waals surface area contributed by atoms with Gasteiger partial charge in [-0.25, -0.2) is 0 Å². The summed E-state index contributed by atoms with van der Waals surface area (Å²) in [4.78, 5) is 11.5. The zero-order valence-electron chi connectivity index (χ0n) is 10.3. The second-order valence-corrected chi connectivity index (χ2v) is 3.71. The van der Waals surface area contributed by atoms with Gasteiger partial charge in [-0.1, -0.05) is 6.07 Å². The molecule has 3 N–H and O–H groups in total. The fourth-order valence-corrected chi connectivity index (χ4v) is 1.25. The summed E-state index contributed by atoms with van der Waals surface area (Å²) in [6.45, 7) is 6.08. The summed E-state index contributed by atoms with van der Waals surface area (Å²) in [6, 6.07) is 5.09. The van der Waals surface area contributed by atoms with Gasteiger partial charge < -0.3 is 15.8 Å². The minimum absolute atomic E-state index is 0. The van der Waals surface area contributed by atoms with E-state index in [1.165, 1.54) is 0 Å². The number of amides is 1. The molecule has 0 bridgehead atoms. The molecule has 0 aliphatic heterocycles. The molecule has 0 aromatic heterocycles. The van der Waals surface area contributed by atoms with Crippen LogP contribution in [0.2, 0.25) is 0 Å². The predicted molar refractivity (Wildman–Crippen MR) is 71.9 cm³/mol. The van der Waals surface area contributed by atoms with Crippen molar-refractivity contribution in [2.75, 3.05) is 11.9 Å². The van der Waals surface area contributed by atoms with Crippen molar-refractivity contribution in [1.29, 1.82) is 0 Å². The van der Waals surface area contributed by atoms with Crippen molar-refractivity contribution < 1.29 is 9.53 Å². The molecule has 1 aromatic rings. The molecule has 0 saturated carbocycles. The Labute approximate surface area is 108 Å². The Morgan fingerprint density at radius 1 is 1.53 bits per heavy atom. The summed E-state index contributed by atoms with van der Waals surface area (Å²) in [7, 11) is 0. The Morgan fingerprint density at radius 3 is 2.71 bits per heavy atom. The first-order chi connectivity index (χ1) is 7.54. The molecule has 5 heteroatoms. The number of hydrogen-bond donors (Lipinski definition) is 2. The maximum absolute atomic E-state index is 11.5. The van der Waals surface area contributed by atoms with E-state index in [-0.39, 0.29) is 18.3 Å². The van der Waals surface area contributed by atoms with Gasteiger partial charge in [0.15, 0.2) is 0 Å². The monoisotopic (exact) mass is 258 g/mol. The van der Waals surface area contributed by atoms with Gasteiger partial charge in [0.2, 0.25) is 5.91 Å². The first kappa shape index (κ1) is 15.7. The molecule has 1 amide bonds. The van der Waals surface area contributed by atoms with Crippen LogP contribution in [-0.4, -0.2) is 18.6 Å². The van der Waals surface area contributed by atoms with Crippen LogP contribution < -0.4 is 15.8 Å². The van der Waals surface area contributed by atoms with Gasteiger partial charge in [0, 0.05) is 0 Å². The van der Waals surface area contributed by atoms with E-state index in [9.17, 15) is 4.79 Å². The van der Waals surface area contributed by atoms with Gasteiger partial charge in [-0.15, -0.1) is 12.4 Å². The highest BCUT2D eigenvalue weighted by Gasteiger charge is 2.11. The number of aryl methyl sites for hydroxylation is 1. The number of benzene rings is 1. The van der Waals surface area contributed by atoms with Crippen LogP contribution in [0.3, 0.4) is 0 Å². The lowest BCUT2D eigenvalue weighted by molar-refractivity contribution is -0.117. The molecule has 0 radical (unpaired) electrons. The van der Waals surface area contributed by atoms with E-state index in [2.05, 4.69) is 5.32 Å². The average Bonchev–Trinajstić information content (AvgIpc) is 2.22. The number of anilines is 1. The molecular weight excluding hydrogens is 240 g/mol. The van der Waals surface area contributed by atoms with Crippen LogP contribution in [-0.2, 0) is 4.79 Å². The van der Waals surface area contributed by atoms with E-state index in [1.807, 2.05) is 32.0 Å². The van der Waals surface area contributed by atoms with Crippen molar-refractivity contribution in [3.05, 3.63) is 23.8 Å². The van der Waals surface area contributed by atoms with Crippen LogP contribution in [0.5, 0.6) is 5.75 Å². The second-order valence-electron chi connectivity index (χ2n) is 3.71. The molecule has 1 unspecified atom stereocenters. The fourth-order valence-electron chi connectivity index (χ4n) is 1.25. The zero-order chi connectivity index (χ0) is 12.1. The molecule has 0 spiro atoms. The molecule has 1 atom stereocenters. The Bertz CT molecular complexity index is 381. The van der Waals surface area contributed by atoms with Crippen LogP contribution in [0.4, 0.5) is 5.69 Å². The number of carbonyl (C=O) groups excluding carboxylic acids is 1. The third-order valence-electron chi connectivity index (χ3n) is 2.11. The van der Waals surface area contributed by atoms with E-state index < -0.39 is 6.04 Å². The summed E-state index contributed by atoms with van der Waals surface area (Å²) >= 11 is 0. The van der Waals surface area contributed by atoms with Gasteiger partial charge in [0.05, 0.1) is 18.3 Å². The smallest absolute Gasteiger partial charge is 0.241 e. The third kappa shape index (κ3) is 4.63. The van der Waals surface area contributed by atoms with Crippen LogP contribution in [0.15, 0.2) is 18.2 Å². The van der Waals surface area contributed by atoms with Gasteiger partial charge in [-0.05, 0) is 38.5 Å². The van der Waals surface area contributed by atoms with Crippen molar-refractivity contribution in [2.24, 2.45) is 5.73 Å². The van der Waals surface area contributed by atoms with Crippen LogP contribution in [0.1, 0.15) is 19.4 Å². The largest absolute Gasteiger partial charge is 0.492 e. The molecule has 0 saturated heterocycles. The number of rotatable bonds is 4. The van der Waals surface area contributed by atoms with Crippen molar-refractivity contribution in [3.63, 3.8) is 0 Å². The summed E-state index contributed by atoms with van der Waals surface area (Å²) in [5.41, 5.74) is 7.23. The third-order valence-corrected chi connectivity index (χ3v) is 2.11. The van der Waals surface area contributed by atoms with Crippen LogP contribution >= 0.6 is 12.4 Å². The van der Waals surface area contributed by atoms with Crippen molar-refractivity contribution in [1.82, 2.24) is 0 Å². The first-order valence-corrected chi connectivity index (χ1v) is 5.34. The number of hydrogen-bond acceptors (Lipinski definition) is 3. The summed E-state index contributed by atoms with van der Waals surface area (Å²) in [5, 5.41) is 2.73. The number of nitrogens with one attached hydrogen (secondary N) is 1. The lowest BCUT2D eigenvalue weighted by Crippen LogP contribution is -2.32. The molecule has 0 fully saturated rings. The SMILES string of the molecule is CCOc1cc(C)ccc1NC(=O)C(C)N.Cl. The maximum atomic E-state index is 11.5. The summed E-state index contributed by atoms with van der Waals surface area (Å²) in [5.74, 6) is 0.460. The highest BCUT2D eigenvalue weighted by molar-refractivity contribution is 5.95. The van der Waals surface area contributed by atoms with Crippen LogP contribution in [0.25, 0.3) is 0 Å². The van der Waals surface area contributed by atoms with Crippen molar-refractivity contribution in [2.45, 2.75) is 26.8 Å². The van der Waals surface area contributed by atoms with Gasteiger partial charge in [-0.3, -0.25) is 4.79 Å². The minimum Gasteiger partial charge on any atom is -0.492 e. The van der Waals surface area contributed by atoms with Crippen LogP contribution in [0, 0.1) is 6.92 Å². The summed E-state index contributed by atoms with van der Waals surface area (Å²) in [6.07, 6.45) is 0. The van der Waals surface area contributed by atoms with Gasteiger partial charge in [0.25, 0.3) is 0 Å². The molecule has 1 aromatic carbocycles. The highest BCUT2D eigenvalue weighted by Crippen LogP contribution is 2.25. The Kier molecular flexibility index (Phi) is 6.61. The molecule has 17 heavy (non-hydrogen) atoms. The molecule has 0 aliphatic rings. The Morgan fingerprint density at radius 2 is 2.18 bits per heavy atom. The quantitative estimate of drug-likeness (QED) is 0.869. The predicted octanol–water partition coefficient (Wildman–Crippen LogP) is 2.10. The van der Waals surface area contributed by atoms with Crippen molar-refractivity contribution in [3.8, 4) is 5.75 Å². The minimum atomic E-state index is -0.532. The Hall–Kier alpha value is -1.26. The van der Waals surface area contributed by atoms with E-state index in [0.29, 0.717) is 18.0 Å². The first-order valence-electron chi connectivity index (χ1n) is 5.34. The lowest BCUT2D eigenvalue weighted by atomic mass is 10.2. The normalized spacial score (nSPS) is 11.3. The topological polar surface area (TPSA) is 64.3 Å². The van der Waals surface area contributed by atoms with E-state index >= 15 is 0 Å². The van der Waals surface area contributed by atoms with Gasteiger partial charge in [0.1, 0.15) is 5.75 Å². The zero-order valence-corrected chi connectivity index (χ0v) is 11.1. The molecule has 96 valence electrons. The number of carbonyl (C=O) groups is 1. The molecular formula is C12H19ClN2O2. The second kappa shape index (κ2) is 7.14. The molecule has 4 nitrogen and oxygen atoms in total. The van der Waals surface area contributed by atoms with E-state index in [0.717, 1.165) is 5.56 Å². The van der Waals surface area contributed by atoms with Gasteiger partial charge >= 0.3 is 0 Å². The highest BCUT2D eigenvalue weighted by atomic mass is 35.5. The molecule has 0 aliphatic carbocycles. The standard InChI is InChI=1S/C12H18N2O2.ClH/c1-4-16-11-7-8(2)5-6-10(11)14-12(15)9(3)13;/h5-7,9H,4,13H2,1-3H3,(H,14,15);1H. The van der Waals surface area contributed by atoms with E-state index in [1.54, 1.807) is 6.92 Å². The van der Waals surface area contributed by atoms with Gasteiger partial charge in [-0.2, -0.15) is 0 Å². The summed E-state index contributed by atoms with van der Waals surface area (Å²) < 4.78 is 5.44.